The second-order valence-electron chi connectivity index (χ2n) is 8.64. The van der Waals surface area contributed by atoms with Gasteiger partial charge in [0.2, 0.25) is 11.8 Å². The van der Waals surface area contributed by atoms with Gasteiger partial charge in [-0.3, -0.25) is 14.4 Å². The van der Waals surface area contributed by atoms with Crippen molar-refractivity contribution in [3.8, 4) is 0 Å². The molecule has 8 heteroatoms. The number of hydrogen-bond donors (Lipinski definition) is 2. The minimum atomic E-state index is -0.929. The number of aliphatic hydroxyl groups excluding tert-OH is 1. The van der Waals surface area contributed by atoms with E-state index in [1.807, 2.05) is 0 Å². The number of nitrogens with zero attached hydrogens (tertiary/aromatic N) is 2. The van der Waals surface area contributed by atoms with Crippen molar-refractivity contribution >= 4 is 29.5 Å². The first-order chi connectivity index (χ1) is 14.4. The topological polar surface area (TPSA) is 98.2 Å². The molecule has 7 nitrogen and oxygen atoms in total. The second kappa shape index (κ2) is 9.73. The summed E-state index contributed by atoms with van der Waals surface area (Å²) in [6, 6.07) is -0.630. The predicted molar refractivity (Wildman–Crippen MR) is 116 cm³/mol. The zero-order valence-electron chi connectivity index (χ0n) is 17.8. The summed E-state index contributed by atoms with van der Waals surface area (Å²) in [5.41, 5.74) is 0. The van der Waals surface area contributed by atoms with E-state index >= 15 is 0 Å². The van der Waals surface area contributed by atoms with E-state index in [2.05, 4.69) is 13.5 Å². The zero-order valence-corrected chi connectivity index (χ0v) is 18.6. The van der Waals surface area contributed by atoms with Gasteiger partial charge in [0, 0.05) is 31.5 Å². The summed E-state index contributed by atoms with van der Waals surface area (Å²) < 4.78 is -0.648. The molecule has 2 unspecified atom stereocenters. The van der Waals surface area contributed by atoms with Crippen LogP contribution in [0.15, 0.2) is 12.7 Å². The minimum Gasteiger partial charge on any atom is -0.481 e. The van der Waals surface area contributed by atoms with Gasteiger partial charge in [-0.25, -0.2) is 0 Å². The number of amides is 2. The SMILES string of the molecule is C=CCN(CCCCC)C(=O)C1N(CCCCO)C(=O)[C@@H]2[C@H](C(=O)O)[C@@H]3CCC12S3. The number of carboxylic acids is 1. The van der Waals surface area contributed by atoms with Crippen molar-refractivity contribution < 1.29 is 24.6 Å². The molecule has 2 amide bonds. The number of carbonyl (C=O) groups is 3. The third-order valence-corrected chi connectivity index (χ3v) is 8.77. The normalized spacial score (nSPS) is 31.8. The molecule has 3 aliphatic heterocycles. The predicted octanol–water partition coefficient (Wildman–Crippen LogP) is 2.14. The van der Waals surface area contributed by atoms with Crippen LogP contribution in [0, 0.1) is 11.8 Å². The Morgan fingerprint density at radius 2 is 2.10 bits per heavy atom. The molecule has 0 aliphatic carbocycles. The summed E-state index contributed by atoms with van der Waals surface area (Å²) in [6.45, 7) is 7.36. The molecule has 0 aromatic rings. The first-order valence-electron chi connectivity index (χ1n) is 11.1. The maximum absolute atomic E-state index is 13.8. The highest BCUT2D eigenvalue weighted by atomic mass is 32.2. The van der Waals surface area contributed by atoms with Gasteiger partial charge < -0.3 is 20.0 Å². The number of hydrogen-bond acceptors (Lipinski definition) is 5. The molecular weight excluding hydrogens is 404 g/mol. The largest absolute Gasteiger partial charge is 0.481 e. The lowest BCUT2D eigenvalue weighted by Gasteiger charge is -2.37. The van der Waals surface area contributed by atoms with E-state index in [0.29, 0.717) is 38.9 Å². The maximum atomic E-state index is 13.8. The van der Waals surface area contributed by atoms with Crippen molar-refractivity contribution in [1.29, 1.82) is 0 Å². The molecule has 5 atom stereocenters. The van der Waals surface area contributed by atoms with Crippen LogP contribution < -0.4 is 0 Å². The van der Waals surface area contributed by atoms with Crippen molar-refractivity contribution in [1.82, 2.24) is 9.80 Å². The van der Waals surface area contributed by atoms with E-state index in [9.17, 15) is 19.5 Å². The van der Waals surface area contributed by atoms with Crippen LogP contribution in [-0.4, -0.2) is 80.1 Å². The van der Waals surface area contributed by atoms with Crippen LogP contribution in [-0.2, 0) is 14.4 Å². The monoisotopic (exact) mass is 438 g/mol. The fourth-order valence-electron chi connectivity index (χ4n) is 5.52. The van der Waals surface area contributed by atoms with Crippen molar-refractivity contribution in [3.05, 3.63) is 12.7 Å². The van der Waals surface area contributed by atoms with E-state index in [4.69, 9.17) is 5.11 Å². The van der Waals surface area contributed by atoms with E-state index < -0.39 is 28.6 Å². The van der Waals surface area contributed by atoms with Crippen LogP contribution in [0.4, 0.5) is 0 Å². The summed E-state index contributed by atoms with van der Waals surface area (Å²) in [5.74, 6) is -2.56. The number of likely N-dealkylation sites (tertiary alicyclic amines) is 1. The molecule has 3 fully saturated rings. The molecule has 3 saturated heterocycles. The molecule has 2 bridgehead atoms. The van der Waals surface area contributed by atoms with Gasteiger partial charge in [-0.05, 0) is 32.1 Å². The smallest absolute Gasteiger partial charge is 0.308 e. The molecule has 3 aliphatic rings. The van der Waals surface area contributed by atoms with Crippen LogP contribution in [0.1, 0.15) is 51.9 Å². The summed E-state index contributed by atoms with van der Waals surface area (Å²) in [6.07, 6.45) is 7.26. The second-order valence-corrected chi connectivity index (χ2v) is 10.2. The molecule has 2 N–H and O–H groups in total. The zero-order chi connectivity index (χ0) is 21.9. The number of fused-ring (bicyclic) bond motifs is 1. The molecule has 1 spiro atoms. The molecule has 0 aromatic carbocycles. The van der Waals surface area contributed by atoms with Crippen molar-refractivity contribution in [3.63, 3.8) is 0 Å². The first kappa shape index (κ1) is 23.1. The van der Waals surface area contributed by atoms with Crippen LogP contribution in [0.2, 0.25) is 0 Å². The Bertz CT molecular complexity index is 686. The summed E-state index contributed by atoms with van der Waals surface area (Å²) in [5, 5.41) is 18.9. The van der Waals surface area contributed by atoms with Crippen LogP contribution in [0.5, 0.6) is 0 Å². The van der Waals surface area contributed by atoms with E-state index in [0.717, 1.165) is 25.7 Å². The lowest BCUT2D eigenvalue weighted by atomic mass is 9.71. The number of unbranched alkanes of at least 4 members (excludes halogenated alkanes) is 3. The van der Waals surface area contributed by atoms with Gasteiger partial charge in [0.05, 0.1) is 16.6 Å². The lowest BCUT2D eigenvalue weighted by molar-refractivity contribution is -0.148. The summed E-state index contributed by atoms with van der Waals surface area (Å²) in [4.78, 5) is 42.7. The molecule has 0 saturated carbocycles. The van der Waals surface area contributed by atoms with E-state index in [1.54, 1.807) is 27.6 Å². The molecular formula is C22H34N2O5S. The highest BCUT2D eigenvalue weighted by Crippen LogP contribution is 2.66. The highest BCUT2D eigenvalue weighted by Gasteiger charge is 2.73. The fraction of sp³-hybridized carbons (Fsp3) is 0.773. The van der Waals surface area contributed by atoms with E-state index in [1.165, 1.54) is 0 Å². The average Bonchev–Trinajstić information content (AvgIpc) is 3.35. The lowest BCUT2D eigenvalue weighted by Crippen LogP contribution is -2.55. The number of thioether (sulfide) groups is 1. The highest BCUT2D eigenvalue weighted by molar-refractivity contribution is 8.02. The Balaban J connectivity index is 1.93. The molecule has 3 rings (SSSR count). The Morgan fingerprint density at radius 3 is 2.73 bits per heavy atom. The standard InChI is InChI=1S/C22H34N2O5S/c1-3-5-6-12-23(11-4-2)20(27)18-22-10-9-15(30-22)16(21(28)29)17(22)19(26)24(18)13-7-8-14-25/h4,15-18,25H,2-3,5-14H2,1H3,(H,28,29)/t15-,16+,17-,18?,22?/m0/s1. The van der Waals surface area contributed by atoms with Gasteiger partial charge in [-0.2, -0.15) is 0 Å². The summed E-state index contributed by atoms with van der Waals surface area (Å²) in [7, 11) is 0. The molecule has 30 heavy (non-hydrogen) atoms. The fourth-order valence-corrected chi connectivity index (χ4v) is 7.73. The Kier molecular flexibility index (Phi) is 7.50. The van der Waals surface area contributed by atoms with Crippen LogP contribution in [0.3, 0.4) is 0 Å². The number of carboxylic acid groups (broad SMARTS) is 1. The molecule has 0 aromatic heterocycles. The van der Waals surface area contributed by atoms with Gasteiger partial charge in [0.25, 0.3) is 0 Å². The number of aliphatic carboxylic acids is 1. The first-order valence-corrected chi connectivity index (χ1v) is 12.0. The Hall–Kier alpha value is -1.54. The average molecular weight is 439 g/mol. The van der Waals surface area contributed by atoms with Crippen molar-refractivity contribution in [2.75, 3.05) is 26.2 Å². The van der Waals surface area contributed by atoms with Crippen LogP contribution >= 0.6 is 11.8 Å². The number of carbonyl (C=O) groups excluding carboxylic acids is 2. The number of rotatable bonds is 12. The number of aliphatic hydroxyl groups is 1. The van der Waals surface area contributed by atoms with Crippen molar-refractivity contribution in [2.45, 2.75) is 67.9 Å². The third kappa shape index (κ3) is 3.88. The quantitative estimate of drug-likeness (QED) is 0.358. The molecule has 3 heterocycles. The van der Waals surface area contributed by atoms with Gasteiger partial charge >= 0.3 is 5.97 Å². The van der Waals surface area contributed by atoms with Gasteiger partial charge in [-0.1, -0.05) is 25.8 Å². The maximum Gasteiger partial charge on any atom is 0.308 e. The van der Waals surface area contributed by atoms with Crippen LogP contribution in [0.25, 0.3) is 0 Å². The molecule has 168 valence electrons. The van der Waals surface area contributed by atoms with E-state index in [-0.39, 0.29) is 23.7 Å². The molecule has 0 radical (unpaired) electrons. The summed E-state index contributed by atoms with van der Waals surface area (Å²) >= 11 is 1.57. The van der Waals surface area contributed by atoms with Gasteiger partial charge in [-0.15, -0.1) is 18.3 Å². The van der Waals surface area contributed by atoms with Crippen molar-refractivity contribution in [2.24, 2.45) is 11.8 Å². The minimum absolute atomic E-state index is 0.0311. The Labute approximate surface area is 182 Å². The Morgan fingerprint density at radius 1 is 1.33 bits per heavy atom. The van der Waals surface area contributed by atoms with Gasteiger partial charge in [0.1, 0.15) is 6.04 Å². The third-order valence-electron chi connectivity index (χ3n) is 6.82. The van der Waals surface area contributed by atoms with Gasteiger partial charge in [0.15, 0.2) is 0 Å².